The maximum atomic E-state index is 13.4. The number of benzene rings is 3. The SMILES string of the molecule is CC(=O)Nc1ccc(NC(=O)COC(=O)c2c3c(nc4ccccc24)CCC(c2ccccc2)C3)cc1. The highest BCUT2D eigenvalue weighted by Crippen LogP contribution is 2.36. The molecular formula is C30H27N3O4. The second-order valence-corrected chi connectivity index (χ2v) is 9.16. The lowest BCUT2D eigenvalue weighted by atomic mass is 9.80. The Bertz CT molecular complexity index is 1470. The van der Waals surface area contributed by atoms with Crippen molar-refractivity contribution >= 4 is 40.1 Å². The predicted octanol–water partition coefficient (Wildman–Crippen LogP) is 5.26. The van der Waals surface area contributed by atoms with Gasteiger partial charge in [-0.3, -0.25) is 14.6 Å². The van der Waals surface area contributed by atoms with E-state index < -0.39 is 18.5 Å². The lowest BCUT2D eigenvalue weighted by molar-refractivity contribution is -0.119. The summed E-state index contributed by atoms with van der Waals surface area (Å²) in [5.74, 6) is -0.869. The lowest BCUT2D eigenvalue weighted by Gasteiger charge is -2.26. The summed E-state index contributed by atoms with van der Waals surface area (Å²) in [6.45, 7) is 1.01. The van der Waals surface area contributed by atoms with Crippen LogP contribution in [-0.2, 0) is 27.2 Å². The number of nitrogens with one attached hydrogen (secondary N) is 2. The van der Waals surface area contributed by atoms with Crippen LogP contribution in [0.4, 0.5) is 11.4 Å². The molecule has 4 aromatic rings. The standard InChI is InChI=1S/C30H27N3O4/c1-19(34)31-22-12-14-23(15-13-22)32-28(35)18-37-30(36)29-24-9-5-6-10-26(24)33-27-16-11-21(17-25(27)29)20-7-3-2-4-8-20/h2-10,12-15,21H,11,16-18H2,1H3,(H,31,34)(H,32,35). The number of esters is 1. The Morgan fingerprint density at radius 2 is 1.57 bits per heavy atom. The zero-order valence-corrected chi connectivity index (χ0v) is 20.5. The Kier molecular flexibility index (Phi) is 6.94. The number of amides is 2. The van der Waals surface area contributed by atoms with Gasteiger partial charge in [0, 0.05) is 29.4 Å². The van der Waals surface area contributed by atoms with Crippen LogP contribution in [0.5, 0.6) is 0 Å². The van der Waals surface area contributed by atoms with Crippen LogP contribution in [-0.4, -0.2) is 29.4 Å². The molecular weight excluding hydrogens is 466 g/mol. The smallest absolute Gasteiger partial charge is 0.339 e. The minimum atomic E-state index is -0.528. The largest absolute Gasteiger partial charge is 0.452 e. The van der Waals surface area contributed by atoms with Crippen molar-refractivity contribution < 1.29 is 19.1 Å². The van der Waals surface area contributed by atoms with E-state index in [2.05, 4.69) is 22.8 Å². The Balaban J connectivity index is 1.34. The number of aryl methyl sites for hydroxylation is 1. The van der Waals surface area contributed by atoms with Gasteiger partial charge in [0.2, 0.25) is 5.91 Å². The van der Waals surface area contributed by atoms with Crippen molar-refractivity contribution in [3.63, 3.8) is 0 Å². The molecule has 0 aliphatic heterocycles. The zero-order valence-electron chi connectivity index (χ0n) is 20.5. The molecule has 0 fully saturated rings. The second-order valence-electron chi connectivity index (χ2n) is 9.16. The van der Waals surface area contributed by atoms with Gasteiger partial charge in [0.05, 0.1) is 11.1 Å². The molecule has 2 N–H and O–H groups in total. The number of nitrogens with zero attached hydrogens (tertiary/aromatic N) is 1. The molecule has 1 aliphatic rings. The first-order chi connectivity index (χ1) is 18.0. The molecule has 5 rings (SSSR count). The first kappa shape index (κ1) is 24.2. The molecule has 0 radical (unpaired) electrons. The van der Waals surface area contributed by atoms with Gasteiger partial charge in [-0.1, -0.05) is 48.5 Å². The Hall–Kier alpha value is -4.52. The summed E-state index contributed by atoms with van der Waals surface area (Å²) >= 11 is 0. The van der Waals surface area contributed by atoms with Gasteiger partial charge in [-0.2, -0.15) is 0 Å². The van der Waals surface area contributed by atoms with Gasteiger partial charge in [-0.25, -0.2) is 4.79 Å². The Labute approximate surface area is 214 Å². The van der Waals surface area contributed by atoms with E-state index >= 15 is 0 Å². The van der Waals surface area contributed by atoms with Crippen molar-refractivity contribution in [1.82, 2.24) is 4.98 Å². The number of para-hydroxylation sites is 1. The molecule has 1 unspecified atom stereocenters. The molecule has 1 aromatic heterocycles. The first-order valence-corrected chi connectivity index (χ1v) is 12.3. The number of ether oxygens (including phenoxy) is 1. The lowest BCUT2D eigenvalue weighted by Crippen LogP contribution is -2.23. The molecule has 7 nitrogen and oxygen atoms in total. The highest BCUT2D eigenvalue weighted by Gasteiger charge is 2.28. The summed E-state index contributed by atoms with van der Waals surface area (Å²) in [5, 5.41) is 6.12. The number of rotatable bonds is 6. The maximum absolute atomic E-state index is 13.4. The number of aromatic nitrogens is 1. The van der Waals surface area contributed by atoms with Crippen molar-refractivity contribution in [3.05, 3.63) is 101 Å². The van der Waals surface area contributed by atoms with Crippen LogP contribution < -0.4 is 10.6 Å². The first-order valence-electron chi connectivity index (χ1n) is 12.3. The molecule has 0 spiro atoms. The van der Waals surface area contributed by atoms with Crippen molar-refractivity contribution in [3.8, 4) is 0 Å². The summed E-state index contributed by atoms with van der Waals surface area (Å²) in [4.78, 5) is 42.0. The third kappa shape index (κ3) is 5.51. The number of carbonyl (C=O) groups is 3. The average Bonchev–Trinajstić information content (AvgIpc) is 2.91. The van der Waals surface area contributed by atoms with Gasteiger partial charge in [0.15, 0.2) is 6.61 Å². The quantitative estimate of drug-likeness (QED) is 0.357. The van der Waals surface area contributed by atoms with Gasteiger partial charge in [0.25, 0.3) is 5.91 Å². The molecule has 186 valence electrons. The minimum Gasteiger partial charge on any atom is -0.452 e. The van der Waals surface area contributed by atoms with Crippen LogP contribution in [0.15, 0.2) is 78.9 Å². The highest BCUT2D eigenvalue weighted by atomic mass is 16.5. The third-order valence-electron chi connectivity index (χ3n) is 6.56. The minimum absolute atomic E-state index is 0.176. The van der Waals surface area contributed by atoms with Crippen molar-refractivity contribution in [1.29, 1.82) is 0 Å². The topological polar surface area (TPSA) is 97.4 Å². The van der Waals surface area contributed by atoms with Crippen molar-refractivity contribution in [2.24, 2.45) is 0 Å². The number of hydrogen-bond acceptors (Lipinski definition) is 5. The molecule has 1 atom stereocenters. The van der Waals surface area contributed by atoms with Crippen molar-refractivity contribution in [2.75, 3.05) is 17.2 Å². The number of anilines is 2. The number of fused-ring (bicyclic) bond motifs is 2. The molecule has 1 aliphatic carbocycles. The summed E-state index contributed by atoms with van der Waals surface area (Å²) in [6, 6.07) is 24.6. The van der Waals surface area contributed by atoms with Crippen LogP contribution in [0, 0.1) is 0 Å². The van der Waals surface area contributed by atoms with Gasteiger partial charge < -0.3 is 15.4 Å². The zero-order chi connectivity index (χ0) is 25.8. The van der Waals surface area contributed by atoms with E-state index in [9.17, 15) is 14.4 Å². The van der Waals surface area contributed by atoms with Gasteiger partial charge >= 0.3 is 5.97 Å². The third-order valence-corrected chi connectivity index (χ3v) is 6.56. The van der Waals surface area contributed by atoms with Crippen LogP contribution in [0.2, 0.25) is 0 Å². The monoisotopic (exact) mass is 493 g/mol. The summed E-state index contributed by atoms with van der Waals surface area (Å²) in [7, 11) is 0. The van der Waals surface area contributed by atoms with E-state index in [0.29, 0.717) is 23.4 Å². The molecule has 3 aromatic carbocycles. The van der Waals surface area contributed by atoms with Gasteiger partial charge in [-0.15, -0.1) is 0 Å². The van der Waals surface area contributed by atoms with Crippen LogP contribution in [0.25, 0.3) is 10.9 Å². The van der Waals surface area contributed by atoms with Crippen LogP contribution >= 0.6 is 0 Å². The van der Waals surface area contributed by atoms with E-state index in [1.54, 1.807) is 24.3 Å². The van der Waals surface area contributed by atoms with E-state index in [1.165, 1.54) is 12.5 Å². The number of pyridine rings is 1. The molecule has 1 heterocycles. The summed E-state index contributed by atoms with van der Waals surface area (Å²) in [5.41, 5.74) is 5.46. The van der Waals surface area contributed by atoms with Crippen LogP contribution in [0.3, 0.4) is 0 Å². The number of hydrogen-bond donors (Lipinski definition) is 2. The van der Waals surface area contributed by atoms with E-state index in [0.717, 1.165) is 35.0 Å². The molecule has 0 saturated carbocycles. The molecule has 0 bridgehead atoms. The molecule has 7 heteroatoms. The van der Waals surface area contributed by atoms with E-state index in [4.69, 9.17) is 9.72 Å². The van der Waals surface area contributed by atoms with Gasteiger partial charge in [-0.05, 0) is 66.6 Å². The van der Waals surface area contributed by atoms with Crippen molar-refractivity contribution in [2.45, 2.75) is 32.1 Å². The van der Waals surface area contributed by atoms with Gasteiger partial charge in [0.1, 0.15) is 0 Å². The normalized spacial score (nSPS) is 14.5. The predicted molar refractivity (Wildman–Crippen MR) is 143 cm³/mol. The fraction of sp³-hybridized carbons (Fsp3) is 0.200. The Morgan fingerprint density at radius 3 is 2.30 bits per heavy atom. The van der Waals surface area contributed by atoms with E-state index in [1.807, 2.05) is 42.5 Å². The fourth-order valence-corrected chi connectivity index (χ4v) is 4.87. The highest BCUT2D eigenvalue weighted by molar-refractivity contribution is 6.06. The maximum Gasteiger partial charge on any atom is 0.339 e. The average molecular weight is 494 g/mol. The molecule has 0 saturated heterocycles. The Morgan fingerprint density at radius 1 is 0.892 bits per heavy atom. The summed E-state index contributed by atoms with van der Waals surface area (Å²) < 4.78 is 5.52. The molecule has 2 amide bonds. The molecule has 37 heavy (non-hydrogen) atoms. The summed E-state index contributed by atoms with van der Waals surface area (Å²) in [6.07, 6.45) is 2.42. The van der Waals surface area contributed by atoms with Crippen LogP contribution in [0.1, 0.15) is 46.4 Å². The van der Waals surface area contributed by atoms with E-state index in [-0.39, 0.29) is 11.8 Å². The number of carbonyl (C=O) groups excluding carboxylic acids is 3. The fourth-order valence-electron chi connectivity index (χ4n) is 4.87. The second kappa shape index (κ2) is 10.6.